The highest BCUT2D eigenvalue weighted by Crippen LogP contribution is 2.32. The van der Waals surface area contributed by atoms with Crippen molar-refractivity contribution in [3.05, 3.63) is 21.4 Å². The lowest BCUT2D eigenvalue weighted by atomic mass is 9.94. The van der Waals surface area contributed by atoms with Crippen LogP contribution in [0.5, 0.6) is 0 Å². The molecule has 3 aliphatic rings. The first-order chi connectivity index (χ1) is 9.81. The van der Waals surface area contributed by atoms with Crippen LogP contribution in [0.4, 0.5) is 0 Å². The van der Waals surface area contributed by atoms with Crippen molar-refractivity contribution in [3.63, 3.8) is 0 Å². The van der Waals surface area contributed by atoms with Crippen molar-refractivity contribution in [2.24, 2.45) is 5.92 Å². The maximum Gasteiger partial charge on any atom is 0.264 e. The third-order valence-electron chi connectivity index (χ3n) is 5.09. The van der Waals surface area contributed by atoms with E-state index in [1.165, 1.54) is 49.0 Å². The Morgan fingerprint density at radius 1 is 1.25 bits per heavy atom. The number of amides is 1. The molecule has 2 aliphatic heterocycles. The lowest BCUT2D eigenvalue weighted by molar-refractivity contribution is 0.0790. The molecule has 1 aromatic heterocycles. The van der Waals surface area contributed by atoms with E-state index in [1.54, 1.807) is 11.3 Å². The molecule has 4 rings (SSSR count). The molecule has 1 amide bonds. The van der Waals surface area contributed by atoms with Crippen molar-refractivity contribution in [2.75, 3.05) is 19.6 Å². The van der Waals surface area contributed by atoms with Crippen LogP contribution in [0.2, 0.25) is 0 Å². The quantitative estimate of drug-likeness (QED) is 0.861. The molecule has 0 spiro atoms. The lowest BCUT2D eigenvalue weighted by Gasteiger charge is -2.24. The van der Waals surface area contributed by atoms with Gasteiger partial charge in [-0.3, -0.25) is 4.79 Å². The normalized spacial score (nSPS) is 29.1. The fraction of sp³-hybridized carbons (Fsp3) is 0.688. The summed E-state index contributed by atoms with van der Waals surface area (Å²) in [5, 5.41) is 3.58. The SMILES string of the molecule is O=C(c1cc2c(s1)CCCC2)N1C[C@@H]2CCCN[C@@H]2C1. The number of likely N-dealkylation sites (tertiary alicyclic amines) is 1. The van der Waals surface area contributed by atoms with Gasteiger partial charge in [0.1, 0.15) is 0 Å². The molecular formula is C16H22N2OS. The van der Waals surface area contributed by atoms with Gasteiger partial charge in [0.15, 0.2) is 0 Å². The third kappa shape index (κ3) is 2.19. The molecule has 0 saturated carbocycles. The molecule has 4 heteroatoms. The number of fused-ring (bicyclic) bond motifs is 2. The fourth-order valence-corrected chi connectivity index (χ4v) is 5.19. The molecule has 108 valence electrons. The second-order valence-corrected chi connectivity index (χ2v) is 7.58. The first-order valence-electron chi connectivity index (χ1n) is 7.95. The van der Waals surface area contributed by atoms with Crippen LogP contribution in [-0.4, -0.2) is 36.5 Å². The van der Waals surface area contributed by atoms with E-state index in [-0.39, 0.29) is 5.91 Å². The van der Waals surface area contributed by atoms with Crippen LogP contribution in [0, 0.1) is 5.92 Å². The highest BCUT2D eigenvalue weighted by atomic mass is 32.1. The number of hydrogen-bond acceptors (Lipinski definition) is 3. The number of rotatable bonds is 1. The zero-order chi connectivity index (χ0) is 13.5. The smallest absolute Gasteiger partial charge is 0.264 e. The maximum absolute atomic E-state index is 12.7. The van der Waals surface area contributed by atoms with E-state index in [4.69, 9.17) is 0 Å². The van der Waals surface area contributed by atoms with Crippen molar-refractivity contribution in [1.82, 2.24) is 10.2 Å². The molecule has 0 bridgehead atoms. The number of thiophene rings is 1. The Kier molecular flexibility index (Phi) is 3.31. The van der Waals surface area contributed by atoms with Gasteiger partial charge in [-0.15, -0.1) is 11.3 Å². The van der Waals surface area contributed by atoms with E-state index in [0.29, 0.717) is 12.0 Å². The highest BCUT2D eigenvalue weighted by Gasteiger charge is 2.37. The summed E-state index contributed by atoms with van der Waals surface area (Å²) >= 11 is 1.75. The second-order valence-electron chi connectivity index (χ2n) is 6.44. The fourth-order valence-electron chi connectivity index (χ4n) is 3.96. The minimum atomic E-state index is 0.278. The molecule has 2 atom stereocenters. The van der Waals surface area contributed by atoms with Crippen LogP contribution in [0.3, 0.4) is 0 Å². The van der Waals surface area contributed by atoms with Gasteiger partial charge in [-0.25, -0.2) is 0 Å². The van der Waals surface area contributed by atoms with E-state index in [1.807, 2.05) is 0 Å². The molecule has 1 aliphatic carbocycles. The van der Waals surface area contributed by atoms with Gasteiger partial charge < -0.3 is 10.2 Å². The van der Waals surface area contributed by atoms with Crippen LogP contribution < -0.4 is 5.32 Å². The Hall–Kier alpha value is -0.870. The number of piperidine rings is 1. The predicted octanol–water partition coefficient (Wildman–Crippen LogP) is 2.45. The molecule has 2 fully saturated rings. The van der Waals surface area contributed by atoms with Gasteiger partial charge in [0.05, 0.1) is 4.88 Å². The molecule has 20 heavy (non-hydrogen) atoms. The summed E-state index contributed by atoms with van der Waals surface area (Å²) in [6.07, 6.45) is 7.47. The molecule has 0 aromatic carbocycles. The summed E-state index contributed by atoms with van der Waals surface area (Å²) < 4.78 is 0. The molecule has 0 radical (unpaired) electrons. The van der Waals surface area contributed by atoms with Crippen molar-refractivity contribution >= 4 is 17.2 Å². The largest absolute Gasteiger partial charge is 0.336 e. The average molecular weight is 290 g/mol. The predicted molar refractivity (Wildman–Crippen MR) is 81.4 cm³/mol. The average Bonchev–Trinajstić information content (AvgIpc) is 3.10. The summed E-state index contributed by atoms with van der Waals surface area (Å²) in [5.41, 5.74) is 1.44. The Balaban J connectivity index is 1.51. The first-order valence-corrected chi connectivity index (χ1v) is 8.77. The molecule has 3 nitrogen and oxygen atoms in total. The highest BCUT2D eigenvalue weighted by molar-refractivity contribution is 7.14. The minimum absolute atomic E-state index is 0.278. The maximum atomic E-state index is 12.7. The molecular weight excluding hydrogens is 268 g/mol. The van der Waals surface area contributed by atoms with Crippen molar-refractivity contribution in [3.8, 4) is 0 Å². The number of nitrogens with zero attached hydrogens (tertiary/aromatic N) is 1. The van der Waals surface area contributed by atoms with E-state index < -0.39 is 0 Å². The van der Waals surface area contributed by atoms with E-state index >= 15 is 0 Å². The molecule has 2 saturated heterocycles. The Labute approximate surface area is 124 Å². The summed E-state index contributed by atoms with van der Waals surface area (Å²) in [6.45, 7) is 2.99. The number of hydrogen-bond donors (Lipinski definition) is 1. The third-order valence-corrected chi connectivity index (χ3v) is 6.32. The Bertz CT molecular complexity index is 487. The number of carbonyl (C=O) groups is 1. The topological polar surface area (TPSA) is 32.3 Å². The number of carbonyl (C=O) groups excluding carboxylic acids is 1. The lowest BCUT2D eigenvalue weighted by Crippen LogP contribution is -2.41. The van der Waals surface area contributed by atoms with Crippen LogP contribution in [-0.2, 0) is 12.8 Å². The van der Waals surface area contributed by atoms with Crippen molar-refractivity contribution in [1.29, 1.82) is 0 Å². The van der Waals surface area contributed by atoms with Gasteiger partial charge >= 0.3 is 0 Å². The summed E-state index contributed by atoms with van der Waals surface area (Å²) in [6, 6.07) is 2.72. The van der Waals surface area contributed by atoms with Gasteiger partial charge in [-0.2, -0.15) is 0 Å². The van der Waals surface area contributed by atoms with E-state index in [0.717, 1.165) is 24.5 Å². The molecule has 1 aromatic rings. The second kappa shape index (κ2) is 5.15. The molecule has 3 heterocycles. The van der Waals surface area contributed by atoms with Crippen molar-refractivity contribution in [2.45, 2.75) is 44.6 Å². The van der Waals surface area contributed by atoms with E-state index in [2.05, 4.69) is 16.3 Å². The molecule has 1 N–H and O–H groups in total. The first kappa shape index (κ1) is 12.8. The zero-order valence-electron chi connectivity index (χ0n) is 11.9. The van der Waals surface area contributed by atoms with Crippen LogP contribution in [0.1, 0.15) is 45.8 Å². The summed E-state index contributed by atoms with van der Waals surface area (Å²) in [5.74, 6) is 0.961. The summed E-state index contributed by atoms with van der Waals surface area (Å²) in [7, 11) is 0. The number of aryl methyl sites for hydroxylation is 2. The monoisotopic (exact) mass is 290 g/mol. The zero-order valence-corrected chi connectivity index (χ0v) is 12.7. The van der Waals surface area contributed by atoms with Gasteiger partial charge in [-0.1, -0.05) is 0 Å². The van der Waals surface area contributed by atoms with Crippen LogP contribution in [0.15, 0.2) is 6.07 Å². The minimum Gasteiger partial charge on any atom is -0.336 e. The standard InChI is InChI=1S/C16H22N2OS/c19-16(15-8-11-4-1-2-6-14(11)20-15)18-9-12-5-3-7-17-13(12)10-18/h8,12-13,17H,1-7,9-10H2/t12-,13+/m0/s1. The summed E-state index contributed by atoms with van der Waals surface area (Å²) in [4.78, 5) is 17.3. The van der Waals surface area contributed by atoms with E-state index in [9.17, 15) is 4.79 Å². The Morgan fingerprint density at radius 2 is 2.15 bits per heavy atom. The van der Waals surface area contributed by atoms with Crippen LogP contribution in [0.25, 0.3) is 0 Å². The van der Waals surface area contributed by atoms with Gasteiger partial charge in [0.25, 0.3) is 5.91 Å². The van der Waals surface area contributed by atoms with Gasteiger partial charge in [0.2, 0.25) is 0 Å². The number of nitrogens with one attached hydrogen (secondary N) is 1. The Morgan fingerprint density at radius 3 is 3.00 bits per heavy atom. The van der Waals surface area contributed by atoms with Crippen LogP contribution >= 0.6 is 11.3 Å². The van der Waals surface area contributed by atoms with Gasteiger partial charge in [-0.05, 0) is 62.6 Å². The van der Waals surface area contributed by atoms with Gasteiger partial charge in [0, 0.05) is 24.0 Å². The molecule has 0 unspecified atom stereocenters. The van der Waals surface area contributed by atoms with Crippen molar-refractivity contribution < 1.29 is 4.79 Å².